The van der Waals surface area contributed by atoms with Crippen molar-refractivity contribution in [2.45, 2.75) is 20.8 Å². The van der Waals surface area contributed by atoms with Crippen LogP contribution in [0, 0.1) is 20.8 Å². The standard InChI is InChI=1S/C14H16N2O/c1-9-5-12(6-10(2)11(9)3)13-7-14(17)16(4)8-15-13/h5-8H,1-4H3. The highest BCUT2D eigenvalue weighted by Crippen LogP contribution is 2.22. The van der Waals surface area contributed by atoms with Crippen LogP contribution in [0.1, 0.15) is 16.7 Å². The lowest BCUT2D eigenvalue weighted by Gasteiger charge is -2.08. The molecule has 0 saturated heterocycles. The van der Waals surface area contributed by atoms with Crippen LogP contribution in [0.15, 0.2) is 29.3 Å². The molecule has 0 unspecified atom stereocenters. The van der Waals surface area contributed by atoms with E-state index in [1.54, 1.807) is 19.4 Å². The maximum Gasteiger partial charge on any atom is 0.253 e. The van der Waals surface area contributed by atoms with E-state index in [0.717, 1.165) is 11.3 Å². The minimum absolute atomic E-state index is 0.0362. The lowest BCUT2D eigenvalue weighted by molar-refractivity contribution is 0.826. The smallest absolute Gasteiger partial charge is 0.253 e. The van der Waals surface area contributed by atoms with Crippen LogP contribution in [0.25, 0.3) is 11.3 Å². The molecular weight excluding hydrogens is 212 g/mol. The fraction of sp³-hybridized carbons (Fsp3) is 0.286. The van der Waals surface area contributed by atoms with Crippen molar-refractivity contribution >= 4 is 0 Å². The quantitative estimate of drug-likeness (QED) is 0.751. The normalized spacial score (nSPS) is 10.6. The van der Waals surface area contributed by atoms with Gasteiger partial charge in [-0.25, -0.2) is 4.98 Å². The number of benzene rings is 1. The molecule has 1 aromatic heterocycles. The maximum absolute atomic E-state index is 11.6. The molecule has 1 heterocycles. The van der Waals surface area contributed by atoms with Crippen molar-refractivity contribution < 1.29 is 0 Å². The van der Waals surface area contributed by atoms with Crippen LogP contribution in [0.2, 0.25) is 0 Å². The monoisotopic (exact) mass is 228 g/mol. The van der Waals surface area contributed by atoms with Crippen molar-refractivity contribution in [3.05, 3.63) is 51.6 Å². The lowest BCUT2D eigenvalue weighted by Crippen LogP contribution is -2.15. The van der Waals surface area contributed by atoms with Crippen LogP contribution in [-0.4, -0.2) is 9.55 Å². The van der Waals surface area contributed by atoms with E-state index in [1.165, 1.54) is 21.3 Å². The lowest BCUT2D eigenvalue weighted by atomic mass is 9.99. The van der Waals surface area contributed by atoms with Crippen molar-refractivity contribution in [2.75, 3.05) is 0 Å². The first-order chi connectivity index (χ1) is 7.99. The van der Waals surface area contributed by atoms with Crippen molar-refractivity contribution in [2.24, 2.45) is 7.05 Å². The SMILES string of the molecule is Cc1cc(-c2cc(=O)n(C)cn2)cc(C)c1C. The summed E-state index contributed by atoms with van der Waals surface area (Å²) in [5.41, 5.74) is 5.44. The summed E-state index contributed by atoms with van der Waals surface area (Å²) in [5.74, 6) is 0. The number of hydrogen-bond donors (Lipinski definition) is 0. The Balaban J connectivity index is 2.61. The van der Waals surface area contributed by atoms with E-state index in [1.807, 2.05) is 0 Å². The van der Waals surface area contributed by atoms with Crippen LogP contribution in [0.5, 0.6) is 0 Å². The molecule has 0 bridgehead atoms. The van der Waals surface area contributed by atoms with Gasteiger partial charge < -0.3 is 4.57 Å². The average Bonchev–Trinajstić information content (AvgIpc) is 2.29. The number of hydrogen-bond acceptors (Lipinski definition) is 2. The first-order valence-corrected chi connectivity index (χ1v) is 5.60. The molecule has 3 heteroatoms. The van der Waals surface area contributed by atoms with Gasteiger partial charge in [0.15, 0.2) is 0 Å². The predicted octanol–water partition coefficient (Wildman–Crippen LogP) is 2.37. The van der Waals surface area contributed by atoms with E-state index in [-0.39, 0.29) is 5.56 Å². The van der Waals surface area contributed by atoms with Gasteiger partial charge in [-0.05, 0) is 49.6 Å². The Hall–Kier alpha value is -1.90. The van der Waals surface area contributed by atoms with Crippen LogP contribution in [-0.2, 0) is 7.05 Å². The second kappa shape index (κ2) is 4.17. The van der Waals surface area contributed by atoms with Gasteiger partial charge in [0.25, 0.3) is 5.56 Å². The van der Waals surface area contributed by atoms with Crippen molar-refractivity contribution in [1.29, 1.82) is 0 Å². The summed E-state index contributed by atoms with van der Waals surface area (Å²) in [4.78, 5) is 15.9. The highest BCUT2D eigenvalue weighted by molar-refractivity contribution is 5.62. The molecule has 0 aliphatic heterocycles. The Morgan fingerprint density at radius 3 is 2.18 bits per heavy atom. The molecular formula is C14H16N2O. The molecule has 88 valence electrons. The molecule has 1 aromatic carbocycles. The highest BCUT2D eigenvalue weighted by Gasteiger charge is 2.05. The first-order valence-electron chi connectivity index (χ1n) is 5.60. The average molecular weight is 228 g/mol. The zero-order chi connectivity index (χ0) is 12.6. The summed E-state index contributed by atoms with van der Waals surface area (Å²) in [7, 11) is 1.70. The van der Waals surface area contributed by atoms with Gasteiger partial charge in [0.2, 0.25) is 0 Å². The Morgan fingerprint density at radius 1 is 1.06 bits per heavy atom. The predicted molar refractivity (Wildman–Crippen MR) is 69.1 cm³/mol. The summed E-state index contributed by atoms with van der Waals surface area (Å²) in [6.45, 7) is 6.26. The van der Waals surface area contributed by atoms with Gasteiger partial charge in [-0.2, -0.15) is 0 Å². The van der Waals surface area contributed by atoms with Gasteiger partial charge in [0.05, 0.1) is 12.0 Å². The molecule has 0 aliphatic carbocycles. The number of nitrogens with zero attached hydrogens (tertiary/aromatic N) is 2. The van der Waals surface area contributed by atoms with E-state index < -0.39 is 0 Å². The van der Waals surface area contributed by atoms with Crippen LogP contribution >= 0.6 is 0 Å². The third-order valence-corrected chi connectivity index (χ3v) is 3.20. The Bertz CT molecular complexity index is 603. The minimum atomic E-state index is -0.0362. The molecule has 3 nitrogen and oxygen atoms in total. The molecule has 0 fully saturated rings. The summed E-state index contributed by atoms with van der Waals surface area (Å²) >= 11 is 0. The molecule has 0 aliphatic rings. The van der Waals surface area contributed by atoms with Crippen molar-refractivity contribution in [3.63, 3.8) is 0 Å². The van der Waals surface area contributed by atoms with E-state index in [4.69, 9.17) is 0 Å². The Kier molecular flexibility index (Phi) is 2.84. The summed E-state index contributed by atoms with van der Waals surface area (Å²) < 4.78 is 1.47. The van der Waals surface area contributed by atoms with Gasteiger partial charge in [-0.1, -0.05) is 0 Å². The second-order valence-corrected chi connectivity index (χ2v) is 4.46. The molecule has 2 rings (SSSR count). The van der Waals surface area contributed by atoms with E-state index in [9.17, 15) is 4.79 Å². The van der Waals surface area contributed by atoms with Gasteiger partial charge in [0, 0.05) is 18.7 Å². The zero-order valence-electron chi connectivity index (χ0n) is 10.6. The van der Waals surface area contributed by atoms with Gasteiger partial charge >= 0.3 is 0 Å². The largest absolute Gasteiger partial charge is 0.302 e. The highest BCUT2D eigenvalue weighted by atomic mass is 16.1. The molecule has 0 radical (unpaired) electrons. The molecule has 0 N–H and O–H groups in total. The fourth-order valence-corrected chi connectivity index (χ4v) is 1.80. The maximum atomic E-state index is 11.6. The zero-order valence-corrected chi connectivity index (χ0v) is 10.6. The van der Waals surface area contributed by atoms with Crippen molar-refractivity contribution in [1.82, 2.24) is 9.55 Å². The third-order valence-electron chi connectivity index (χ3n) is 3.20. The molecule has 17 heavy (non-hydrogen) atoms. The second-order valence-electron chi connectivity index (χ2n) is 4.46. The van der Waals surface area contributed by atoms with Gasteiger partial charge in [-0.3, -0.25) is 4.79 Å². The van der Waals surface area contributed by atoms with E-state index in [0.29, 0.717) is 0 Å². The number of aromatic nitrogens is 2. The molecule has 0 spiro atoms. The molecule has 0 atom stereocenters. The van der Waals surface area contributed by atoms with Crippen molar-refractivity contribution in [3.8, 4) is 11.3 Å². The number of rotatable bonds is 1. The fourth-order valence-electron chi connectivity index (χ4n) is 1.80. The molecule has 2 aromatic rings. The van der Waals surface area contributed by atoms with Crippen LogP contribution < -0.4 is 5.56 Å². The van der Waals surface area contributed by atoms with Gasteiger partial charge in [0.1, 0.15) is 0 Å². The molecule has 0 saturated carbocycles. The third kappa shape index (κ3) is 2.13. The first kappa shape index (κ1) is 11.6. The summed E-state index contributed by atoms with van der Waals surface area (Å²) in [6, 6.07) is 5.72. The summed E-state index contributed by atoms with van der Waals surface area (Å²) in [5, 5.41) is 0. The number of aryl methyl sites for hydroxylation is 3. The van der Waals surface area contributed by atoms with Gasteiger partial charge in [-0.15, -0.1) is 0 Å². The van der Waals surface area contributed by atoms with E-state index in [2.05, 4.69) is 37.9 Å². The van der Waals surface area contributed by atoms with Crippen LogP contribution in [0.3, 0.4) is 0 Å². The Morgan fingerprint density at radius 2 is 1.65 bits per heavy atom. The van der Waals surface area contributed by atoms with Crippen LogP contribution in [0.4, 0.5) is 0 Å². The summed E-state index contributed by atoms with van der Waals surface area (Å²) in [6.07, 6.45) is 1.56. The minimum Gasteiger partial charge on any atom is -0.302 e. The van der Waals surface area contributed by atoms with E-state index >= 15 is 0 Å². The topological polar surface area (TPSA) is 34.9 Å². The Labute approximate surface area is 101 Å². The molecule has 0 amide bonds.